The molecule has 1 unspecified atom stereocenters. The molecule has 0 bridgehead atoms. The van der Waals surface area contributed by atoms with Crippen molar-refractivity contribution in [3.63, 3.8) is 0 Å². The molecule has 0 saturated carbocycles. The lowest BCUT2D eigenvalue weighted by atomic mass is 10.0. The maximum absolute atomic E-state index is 14.2. The van der Waals surface area contributed by atoms with Crippen LogP contribution in [0.5, 0.6) is 0 Å². The summed E-state index contributed by atoms with van der Waals surface area (Å²) >= 11 is 0. The number of amides is 5. The van der Waals surface area contributed by atoms with Gasteiger partial charge in [-0.2, -0.15) is 0 Å². The van der Waals surface area contributed by atoms with E-state index in [1.54, 1.807) is 23.4 Å². The summed E-state index contributed by atoms with van der Waals surface area (Å²) in [6, 6.07) is 12.3. The van der Waals surface area contributed by atoms with Crippen molar-refractivity contribution in [2.24, 2.45) is 0 Å². The van der Waals surface area contributed by atoms with Crippen molar-refractivity contribution >= 4 is 46.9 Å². The largest absolute Gasteiger partial charge is 0.369 e. The summed E-state index contributed by atoms with van der Waals surface area (Å²) < 4.78 is 1.93. The Bertz CT molecular complexity index is 2360. The number of hydrogen-bond donors (Lipinski definition) is 1. The number of aryl methyl sites for hydroxylation is 1. The Morgan fingerprint density at radius 3 is 2.44 bits per heavy atom. The Morgan fingerprint density at radius 2 is 1.68 bits per heavy atom. The number of carbonyl (C=O) groups is 5. The lowest BCUT2D eigenvalue weighted by Crippen LogP contribution is -2.54. The van der Waals surface area contributed by atoms with Gasteiger partial charge in [0, 0.05) is 82.6 Å². The zero-order valence-electron chi connectivity index (χ0n) is 33.6. The Morgan fingerprint density at radius 1 is 0.864 bits per heavy atom. The fraction of sp³-hybridized carbons (Fsp3) is 0.452. The fourth-order valence-electron chi connectivity index (χ4n) is 9.00. The van der Waals surface area contributed by atoms with Crippen molar-refractivity contribution in [2.45, 2.75) is 71.2 Å². The van der Waals surface area contributed by atoms with Crippen LogP contribution in [0, 0.1) is 0 Å². The van der Waals surface area contributed by atoms with Crippen LogP contribution in [0.25, 0.3) is 11.5 Å². The van der Waals surface area contributed by atoms with Gasteiger partial charge in [-0.3, -0.25) is 48.9 Å². The average Bonchev–Trinajstić information content (AvgIpc) is 4.03. The van der Waals surface area contributed by atoms with E-state index in [2.05, 4.69) is 49.1 Å². The molecule has 1 aromatic carbocycles. The lowest BCUT2D eigenvalue weighted by molar-refractivity contribution is -0.136. The van der Waals surface area contributed by atoms with Crippen LogP contribution in [-0.4, -0.2) is 134 Å². The summed E-state index contributed by atoms with van der Waals surface area (Å²) in [4.78, 5) is 87.0. The van der Waals surface area contributed by atoms with Gasteiger partial charge in [0.05, 0.1) is 28.9 Å². The number of piperidine rings is 1. The maximum Gasteiger partial charge on any atom is 0.262 e. The van der Waals surface area contributed by atoms with Gasteiger partial charge in [0.2, 0.25) is 11.8 Å². The number of nitrogens with one attached hydrogen (secondary N) is 1. The first kappa shape index (κ1) is 38.4. The standard InChI is InChI=1S/C42H48N12O5/c1-4-50-25-43-47-38(50)32-8-5-9-35(44-32)53-23-31-30(40(53)57)22-36(52-14-6-7-26(52)2)45-33(31)24-48(3)15-16-49-17-19-51(20-18-49)27-10-11-28-29(21-27)42(59)54(41(28)58)34-12-13-37(55)46-39(34)56/h5,8-11,21-22,25-26,34H,4,6-7,12-20,23-24H2,1-3H3,(H,46,55,56)/t26-,34?/m1/s1. The third-order valence-corrected chi connectivity index (χ3v) is 12.4. The van der Waals surface area contributed by atoms with E-state index in [0.29, 0.717) is 48.6 Å². The van der Waals surface area contributed by atoms with Gasteiger partial charge in [-0.15, -0.1) is 10.2 Å². The Labute approximate surface area is 342 Å². The van der Waals surface area contributed by atoms with E-state index >= 15 is 0 Å². The number of likely N-dealkylation sites (N-methyl/N-ethyl adjacent to an activating group) is 1. The number of anilines is 3. The summed E-state index contributed by atoms with van der Waals surface area (Å²) in [5.74, 6) is -0.0180. The van der Waals surface area contributed by atoms with Crippen LogP contribution >= 0.6 is 0 Å². The molecule has 3 aromatic heterocycles. The van der Waals surface area contributed by atoms with E-state index in [-0.39, 0.29) is 29.9 Å². The van der Waals surface area contributed by atoms with Gasteiger partial charge >= 0.3 is 0 Å². The molecule has 2 atom stereocenters. The number of nitrogens with zero attached hydrogens (tertiary/aromatic N) is 11. The second-order valence-corrected chi connectivity index (χ2v) is 16.1. The van der Waals surface area contributed by atoms with Crippen LogP contribution in [0.4, 0.5) is 17.3 Å². The minimum atomic E-state index is -0.988. The number of pyridine rings is 2. The number of benzene rings is 1. The molecule has 9 rings (SSSR count). The highest BCUT2D eigenvalue weighted by Gasteiger charge is 2.45. The van der Waals surface area contributed by atoms with Gasteiger partial charge in [0.25, 0.3) is 17.7 Å². The molecule has 3 saturated heterocycles. The highest BCUT2D eigenvalue weighted by atomic mass is 16.2. The fourth-order valence-corrected chi connectivity index (χ4v) is 9.00. The molecule has 0 aliphatic carbocycles. The zero-order valence-corrected chi connectivity index (χ0v) is 33.6. The number of fused-ring (bicyclic) bond motifs is 2. The predicted octanol–water partition coefficient (Wildman–Crippen LogP) is 2.56. The Hall–Kier alpha value is -6.07. The minimum Gasteiger partial charge on any atom is -0.369 e. The highest BCUT2D eigenvalue weighted by Crippen LogP contribution is 2.35. The monoisotopic (exact) mass is 800 g/mol. The van der Waals surface area contributed by atoms with Crippen LogP contribution in [-0.2, 0) is 29.2 Å². The van der Waals surface area contributed by atoms with E-state index in [4.69, 9.17) is 9.97 Å². The highest BCUT2D eigenvalue weighted by molar-refractivity contribution is 6.23. The van der Waals surface area contributed by atoms with E-state index < -0.39 is 29.7 Å². The zero-order chi connectivity index (χ0) is 40.9. The first-order valence-electron chi connectivity index (χ1n) is 20.6. The SMILES string of the molecule is CCn1cnnc1-c1cccc(N2Cc3c(cc(N4CCC[C@H]4C)nc3CN(C)CCN3CCN(c4ccc5c(c4)C(=O)N(C4CCC(=O)NC4=O)C5=O)CC3)C2=O)n1. The normalized spacial score (nSPS) is 21.0. The second-order valence-electron chi connectivity index (χ2n) is 16.1. The topological polar surface area (TPSA) is 173 Å². The van der Waals surface area contributed by atoms with Crippen LogP contribution < -0.4 is 20.0 Å². The molecule has 17 heteroatoms. The number of imide groups is 2. The molecular formula is C42H48N12O5. The molecule has 306 valence electrons. The summed E-state index contributed by atoms with van der Waals surface area (Å²) in [5, 5.41) is 10.6. The molecule has 17 nitrogen and oxygen atoms in total. The molecule has 3 fully saturated rings. The minimum absolute atomic E-state index is 0.0788. The summed E-state index contributed by atoms with van der Waals surface area (Å²) in [6.07, 6.45) is 4.07. The van der Waals surface area contributed by atoms with E-state index in [0.717, 1.165) is 86.3 Å². The van der Waals surface area contributed by atoms with Gasteiger partial charge in [-0.05, 0) is 76.6 Å². The first-order chi connectivity index (χ1) is 28.6. The molecule has 1 N–H and O–H groups in total. The third kappa shape index (κ3) is 7.11. The van der Waals surface area contributed by atoms with Crippen LogP contribution in [0.15, 0.2) is 48.8 Å². The predicted molar refractivity (Wildman–Crippen MR) is 218 cm³/mol. The molecule has 0 radical (unpaired) electrons. The summed E-state index contributed by atoms with van der Waals surface area (Å²) in [5.41, 5.74) is 4.60. The molecule has 8 heterocycles. The maximum atomic E-state index is 14.2. The van der Waals surface area contributed by atoms with Crippen molar-refractivity contribution in [3.8, 4) is 11.5 Å². The van der Waals surface area contributed by atoms with Gasteiger partial charge in [0.15, 0.2) is 5.82 Å². The molecule has 59 heavy (non-hydrogen) atoms. The average molecular weight is 801 g/mol. The Kier molecular flexibility index (Phi) is 10.2. The van der Waals surface area contributed by atoms with Crippen molar-refractivity contribution in [1.82, 2.24) is 44.7 Å². The van der Waals surface area contributed by atoms with Crippen LogP contribution in [0.3, 0.4) is 0 Å². The number of aromatic nitrogens is 5. The van der Waals surface area contributed by atoms with Gasteiger partial charge in [-0.25, -0.2) is 9.97 Å². The smallest absolute Gasteiger partial charge is 0.262 e. The van der Waals surface area contributed by atoms with Gasteiger partial charge in [-0.1, -0.05) is 6.07 Å². The van der Waals surface area contributed by atoms with Crippen molar-refractivity contribution < 1.29 is 24.0 Å². The van der Waals surface area contributed by atoms with Crippen molar-refractivity contribution in [3.05, 3.63) is 76.7 Å². The molecular weight excluding hydrogens is 753 g/mol. The number of piperazine rings is 1. The van der Waals surface area contributed by atoms with Crippen molar-refractivity contribution in [2.75, 3.05) is 67.6 Å². The summed E-state index contributed by atoms with van der Waals surface area (Å²) in [7, 11) is 2.10. The number of carbonyl (C=O) groups excluding carboxylic acids is 5. The van der Waals surface area contributed by atoms with Crippen molar-refractivity contribution in [1.29, 1.82) is 0 Å². The lowest BCUT2D eigenvalue weighted by Gasteiger charge is -2.37. The molecule has 5 aliphatic rings. The van der Waals surface area contributed by atoms with E-state index in [1.807, 2.05) is 41.8 Å². The molecule has 0 spiro atoms. The van der Waals surface area contributed by atoms with Crippen LogP contribution in [0.1, 0.15) is 81.9 Å². The summed E-state index contributed by atoms with van der Waals surface area (Å²) in [6.45, 7) is 11.6. The first-order valence-corrected chi connectivity index (χ1v) is 20.6. The van der Waals surface area contributed by atoms with E-state index in [9.17, 15) is 24.0 Å². The van der Waals surface area contributed by atoms with E-state index in [1.165, 1.54) is 0 Å². The number of rotatable bonds is 11. The van der Waals surface area contributed by atoms with Gasteiger partial charge < -0.3 is 14.4 Å². The number of hydrogen-bond acceptors (Lipinski definition) is 13. The van der Waals surface area contributed by atoms with Gasteiger partial charge in [0.1, 0.15) is 29.7 Å². The molecule has 4 aromatic rings. The molecule has 5 amide bonds. The third-order valence-electron chi connectivity index (χ3n) is 12.4. The molecule has 5 aliphatic heterocycles. The Balaban J connectivity index is 0.851. The van der Waals surface area contributed by atoms with Crippen LogP contribution in [0.2, 0.25) is 0 Å². The second kappa shape index (κ2) is 15.6. The quantitative estimate of drug-likeness (QED) is 0.220.